The smallest absolute Gasteiger partial charge is 0.247 e. The van der Waals surface area contributed by atoms with Crippen LogP contribution >= 0.6 is 11.6 Å². The third kappa shape index (κ3) is 5.41. The van der Waals surface area contributed by atoms with Gasteiger partial charge < -0.3 is 14.5 Å². The third-order valence-corrected chi connectivity index (χ3v) is 6.35. The monoisotopic (exact) mass is 448 g/mol. The molecule has 0 radical (unpaired) electrons. The van der Waals surface area contributed by atoms with Crippen molar-refractivity contribution in [2.45, 2.75) is 18.0 Å². The zero-order chi connectivity index (χ0) is 21.6. The molecule has 3 aromatic rings. The van der Waals surface area contributed by atoms with Gasteiger partial charge in [-0.15, -0.1) is 0 Å². The summed E-state index contributed by atoms with van der Waals surface area (Å²) in [5, 5.41) is 2.92. The molecule has 9 heteroatoms. The van der Waals surface area contributed by atoms with Crippen molar-refractivity contribution < 1.29 is 22.4 Å². The van der Waals surface area contributed by atoms with Gasteiger partial charge in [0.2, 0.25) is 15.9 Å². The molecule has 1 heterocycles. The van der Waals surface area contributed by atoms with Crippen molar-refractivity contribution in [2.24, 2.45) is 0 Å². The van der Waals surface area contributed by atoms with Crippen LogP contribution in [0.4, 0.5) is 0 Å². The highest BCUT2D eigenvalue weighted by atomic mass is 35.5. The van der Waals surface area contributed by atoms with E-state index in [0.29, 0.717) is 5.76 Å². The Bertz CT molecular complexity index is 1090. The largest absolute Gasteiger partial charge is 0.495 e. The highest BCUT2D eigenvalue weighted by Gasteiger charge is 2.30. The number of hydrogen-bond donors (Lipinski definition) is 1. The second kappa shape index (κ2) is 9.80. The van der Waals surface area contributed by atoms with Crippen LogP contribution in [0.3, 0.4) is 0 Å². The van der Waals surface area contributed by atoms with Crippen molar-refractivity contribution in [3.63, 3.8) is 0 Å². The van der Waals surface area contributed by atoms with Gasteiger partial charge in [-0.3, -0.25) is 4.79 Å². The van der Waals surface area contributed by atoms with E-state index in [0.717, 1.165) is 9.87 Å². The summed E-state index contributed by atoms with van der Waals surface area (Å²) in [6.45, 7) is -0.216. The number of methoxy groups -OCH3 is 1. The molecule has 30 heavy (non-hydrogen) atoms. The molecule has 0 bridgehead atoms. The molecule has 0 aliphatic carbocycles. The summed E-state index contributed by atoms with van der Waals surface area (Å²) in [6.07, 6.45) is 1.50. The van der Waals surface area contributed by atoms with Gasteiger partial charge in [0.15, 0.2) is 0 Å². The van der Waals surface area contributed by atoms with Gasteiger partial charge >= 0.3 is 0 Å². The Morgan fingerprint density at radius 3 is 2.57 bits per heavy atom. The number of sulfonamides is 1. The highest BCUT2D eigenvalue weighted by Crippen LogP contribution is 2.30. The van der Waals surface area contributed by atoms with Crippen LogP contribution in [-0.4, -0.2) is 32.3 Å². The number of amides is 1. The minimum absolute atomic E-state index is 0.00696. The van der Waals surface area contributed by atoms with Crippen LogP contribution in [0.15, 0.2) is 76.2 Å². The number of halogens is 1. The van der Waals surface area contributed by atoms with E-state index in [1.165, 1.54) is 31.6 Å². The number of carbonyl (C=O) groups excluding carboxylic acids is 1. The van der Waals surface area contributed by atoms with Crippen LogP contribution in [0, 0.1) is 0 Å². The fourth-order valence-corrected chi connectivity index (χ4v) is 4.62. The van der Waals surface area contributed by atoms with E-state index >= 15 is 0 Å². The molecule has 0 saturated heterocycles. The van der Waals surface area contributed by atoms with Crippen molar-refractivity contribution in [1.29, 1.82) is 0 Å². The van der Waals surface area contributed by atoms with Gasteiger partial charge in [0, 0.05) is 11.6 Å². The maximum Gasteiger partial charge on any atom is 0.247 e. The number of carbonyl (C=O) groups is 1. The summed E-state index contributed by atoms with van der Waals surface area (Å²) in [4.78, 5) is 12.4. The highest BCUT2D eigenvalue weighted by molar-refractivity contribution is 7.89. The molecule has 0 aliphatic rings. The molecule has 3 rings (SSSR count). The van der Waals surface area contributed by atoms with Crippen LogP contribution in [0.5, 0.6) is 5.75 Å². The average Bonchev–Trinajstić information content (AvgIpc) is 3.26. The zero-order valence-electron chi connectivity index (χ0n) is 16.2. The summed E-state index contributed by atoms with van der Waals surface area (Å²) in [5.74, 6) is 0.248. The molecule has 0 spiro atoms. The van der Waals surface area contributed by atoms with E-state index in [2.05, 4.69) is 5.32 Å². The van der Waals surface area contributed by atoms with E-state index in [1.807, 2.05) is 6.07 Å². The van der Waals surface area contributed by atoms with Crippen molar-refractivity contribution >= 4 is 27.5 Å². The van der Waals surface area contributed by atoms with Crippen molar-refractivity contribution in [2.75, 3.05) is 13.7 Å². The fraction of sp³-hybridized carbons (Fsp3) is 0.190. The first-order chi connectivity index (χ1) is 14.4. The minimum atomic E-state index is -4.09. The van der Waals surface area contributed by atoms with Crippen LogP contribution in [0.2, 0.25) is 5.02 Å². The third-order valence-electron chi connectivity index (χ3n) is 4.31. The van der Waals surface area contributed by atoms with Crippen molar-refractivity contribution in [3.05, 3.63) is 83.3 Å². The average molecular weight is 449 g/mol. The zero-order valence-corrected chi connectivity index (χ0v) is 17.8. The normalized spacial score (nSPS) is 11.4. The SMILES string of the molecule is COc1ccc(Cl)cc1S(=O)(=O)N(CC(=O)NCc1ccco1)Cc1ccccc1. The Balaban J connectivity index is 1.88. The van der Waals surface area contributed by atoms with Crippen LogP contribution in [-0.2, 0) is 27.9 Å². The van der Waals surface area contributed by atoms with Gasteiger partial charge in [0.05, 0.1) is 26.5 Å². The second-order valence-corrected chi connectivity index (χ2v) is 8.75. The Labute approximate surface area is 180 Å². The Morgan fingerprint density at radius 2 is 1.90 bits per heavy atom. The van der Waals surface area contributed by atoms with Gasteiger partial charge in [0.25, 0.3) is 0 Å². The molecule has 0 unspecified atom stereocenters. The Kier molecular flexibility index (Phi) is 7.15. The van der Waals surface area contributed by atoms with E-state index in [1.54, 1.807) is 36.4 Å². The van der Waals surface area contributed by atoms with E-state index in [-0.39, 0.29) is 35.3 Å². The first-order valence-corrected chi connectivity index (χ1v) is 10.9. The number of benzene rings is 2. The number of furan rings is 1. The second-order valence-electron chi connectivity index (χ2n) is 6.41. The van der Waals surface area contributed by atoms with Gasteiger partial charge in [-0.05, 0) is 35.9 Å². The molecular weight excluding hydrogens is 428 g/mol. The molecule has 1 amide bonds. The number of nitrogens with one attached hydrogen (secondary N) is 1. The van der Waals surface area contributed by atoms with Gasteiger partial charge in [0.1, 0.15) is 16.4 Å². The Morgan fingerprint density at radius 1 is 1.13 bits per heavy atom. The number of rotatable bonds is 9. The fourth-order valence-electron chi connectivity index (χ4n) is 2.82. The van der Waals surface area contributed by atoms with E-state index in [9.17, 15) is 13.2 Å². The minimum Gasteiger partial charge on any atom is -0.495 e. The lowest BCUT2D eigenvalue weighted by molar-refractivity contribution is -0.121. The first kappa shape index (κ1) is 21.9. The molecule has 0 saturated carbocycles. The van der Waals surface area contributed by atoms with Crippen LogP contribution in [0.25, 0.3) is 0 Å². The lowest BCUT2D eigenvalue weighted by Crippen LogP contribution is -2.40. The summed E-state index contributed by atoms with van der Waals surface area (Å²) >= 11 is 6.03. The maximum atomic E-state index is 13.4. The molecular formula is C21H21ClN2O5S. The predicted octanol–water partition coefficient (Wildman–Crippen LogP) is 3.45. The molecule has 0 fully saturated rings. The van der Waals surface area contributed by atoms with Gasteiger partial charge in [-0.1, -0.05) is 41.9 Å². The summed E-state index contributed by atoms with van der Waals surface area (Å²) < 4.78 is 38.3. The maximum absolute atomic E-state index is 13.4. The van der Waals surface area contributed by atoms with E-state index < -0.39 is 15.9 Å². The Hall–Kier alpha value is -2.81. The lowest BCUT2D eigenvalue weighted by Gasteiger charge is -2.23. The molecule has 0 aliphatic heterocycles. The van der Waals surface area contributed by atoms with Crippen LogP contribution in [0.1, 0.15) is 11.3 Å². The molecule has 7 nitrogen and oxygen atoms in total. The summed E-state index contributed by atoms with van der Waals surface area (Å²) in [7, 11) is -2.72. The molecule has 1 N–H and O–H groups in total. The quantitative estimate of drug-likeness (QED) is 0.541. The standard InChI is InChI=1S/C21H21ClN2O5S/c1-28-19-10-9-17(22)12-20(19)30(26,27)24(14-16-6-3-2-4-7-16)15-21(25)23-13-18-8-5-11-29-18/h2-12H,13-15H2,1H3,(H,23,25). The number of hydrogen-bond acceptors (Lipinski definition) is 5. The molecule has 158 valence electrons. The predicted molar refractivity (Wildman–Crippen MR) is 113 cm³/mol. The number of ether oxygens (including phenoxy) is 1. The molecule has 1 aromatic heterocycles. The van der Waals surface area contributed by atoms with Gasteiger partial charge in [-0.2, -0.15) is 4.31 Å². The van der Waals surface area contributed by atoms with Crippen LogP contribution < -0.4 is 10.1 Å². The number of nitrogens with zero attached hydrogens (tertiary/aromatic N) is 1. The first-order valence-electron chi connectivity index (χ1n) is 9.07. The molecule has 0 atom stereocenters. The summed E-state index contributed by atoms with van der Waals surface area (Å²) in [5.41, 5.74) is 0.737. The van der Waals surface area contributed by atoms with E-state index in [4.69, 9.17) is 20.8 Å². The van der Waals surface area contributed by atoms with Crippen molar-refractivity contribution in [3.8, 4) is 5.75 Å². The van der Waals surface area contributed by atoms with Crippen molar-refractivity contribution in [1.82, 2.24) is 9.62 Å². The molecule has 2 aromatic carbocycles. The lowest BCUT2D eigenvalue weighted by atomic mass is 10.2. The van der Waals surface area contributed by atoms with Gasteiger partial charge in [-0.25, -0.2) is 8.42 Å². The summed E-state index contributed by atoms with van der Waals surface area (Å²) in [6, 6.07) is 16.8. The topological polar surface area (TPSA) is 88.9 Å².